The van der Waals surface area contributed by atoms with Gasteiger partial charge < -0.3 is 10.4 Å². The van der Waals surface area contributed by atoms with Crippen LogP contribution in [0, 0.1) is 0 Å². The number of hydrogen-bond acceptors (Lipinski definition) is 4. The lowest BCUT2D eigenvalue weighted by Gasteiger charge is -2.29. The maximum Gasteiger partial charge on any atom is 0.0902 e. The SMILES string of the molecule is O[C@@H](C1SCCCS1)[C@H]1CCCN1. The second-order valence-corrected chi connectivity index (χ2v) is 6.45. The highest BCUT2D eigenvalue weighted by Crippen LogP contribution is 2.34. The molecule has 0 aromatic rings. The Morgan fingerprint density at radius 3 is 2.62 bits per heavy atom. The van der Waals surface area contributed by atoms with Gasteiger partial charge in [0.2, 0.25) is 0 Å². The van der Waals surface area contributed by atoms with Crippen LogP contribution in [0.5, 0.6) is 0 Å². The zero-order valence-corrected chi connectivity index (χ0v) is 9.37. The Hall–Kier alpha value is 0.620. The molecule has 76 valence electrons. The molecule has 2 aliphatic heterocycles. The summed E-state index contributed by atoms with van der Waals surface area (Å²) in [5.74, 6) is 2.45. The summed E-state index contributed by atoms with van der Waals surface area (Å²) in [7, 11) is 0. The van der Waals surface area contributed by atoms with Crippen molar-refractivity contribution in [1.82, 2.24) is 5.32 Å². The van der Waals surface area contributed by atoms with E-state index in [1.807, 2.05) is 23.5 Å². The molecule has 2 saturated heterocycles. The molecular formula is C9H17NOS2. The Morgan fingerprint density at radius 1 is 1.23 bits per heavy atom. The molecule has 0 aromatic heterocycles. The molecule has 2 fully saturated rings. The number of aliphatic hydroxyl groups excluding tert-OH is 1. The Balaban J connectivity index is 1.83. The maximum atomic E-state index is 10.1. The van der Waals surface area contributed by atoms with Gasteiger partial charge in [-0.05, 0) is 37.3 Å². The predicted octanol–water partition coefficient (Wildman–Crippen LogP) is 1.30. The van der Waals surface area contributed by atoms with Crippen molar-refractivity contribution < 1.29 is 5.11 Å². The smallest absolute Gasteiger partial charge is 0.0902 e. The van der Waals surface area contributed by atoms with E-state index in [1.54, 1.807) is 0 Å². The standard InChI is InChI=1S/C9H17NOS2/c11-8(7-3-1-4-10-7)9-12-5-2-6-13-9/h7-11H,1-6H2/t7-,8-/m1/s1. The van der Waals surface area contributed by atoms with E-state index in [-0.39, 0.29) is 6.10 Å². The fourth-order valence-corrected chi connectivity index (χ4v) is 4.90. The number of aliphatic hydroxyl groups is 1. The van der Waals surface area contributed by atoms with Gasteiger partial charge in [0.25, 0.3) is 0 Å². The van der Waals surface area contributed by atoms with Gasteiger partial charge in [-0.1, -0.05) is 0 Å². The zero-order valence-electron chi connectivity index (χ0n) is 7.74. The molecule has 2 atom stereocenters. The van der Waals surface area contributed by atoms with E-state index in [0.717, 1.165) is 13.0 Å². The maximum absolute atomic E-state index is 10.1. The van der Waals surface area contributed by atoms with E-state index in [4.69, 9.17) is 0 Å². The van der Waals surface area contributed by atoms with Crippen LogP contribution in [0.15, 0.2) is 0 Å². The van der Waals surface area contributed by atoms with Crippen molar-refractivity contribution in [3.05, 3.63) is 0 Å². The summed E-state index contributed by atoms with van der Waals surface area (Å²) in [6.45, 7) is 1.09. The van der Waals surface area contributed by atoms with Crippen LogP contribution in [-0.2, 0) is 0 Å². The summed E-state index contributed by atoms with van der Waals surface area (Å²) >= 11 is 3.86. The predicted molar refractivity (Wildman–Crippen MR) is 60.4 cm³/mol. The molecule has 0 aliphatic carbocycles. The van der Waals surface area contributed by atoms with E-state index in [0.29, 0.717) is 10.6 Å². The van der Waals surface area contributed by atoms with E-state index in [9.17, 15) is 5.11 Å². The first kappa shape index (κ1) is 10.1. The normalized spacial score (nSPS) is 33.5. The van der Waals surface area contributed by atoms with Crippen LogP contribution in [-0.4, -0.2) is 39.9 Å². The highest BCUT2D eigenvalue weighted by molar-refractivity contribution is 8.17. The zero-order chi connectivity index (χ0) is 9.10. The van der Waals surface area contributed by atoms with Crippen molar-refractivity contribution in [3.8, 4) is 0 Å². The van der Waals surface area contributed by atoms with E-state index < -0.39 is 0 Å². The van der Waals surface area contributed by atoms with Gasteiger partial charge >= 0.3 is 0 Å². The Kier molecular flexibility index (Phi) is 3.84. The minimum absolute atomic E-state index is 0.141. The van der Waals surface area contributed by atoms with Crippen LogP contribution in [0.25, 0.3) is 0 Å². The van der Waals surface area contributed by atoms with E-state index >= 15 is 0 Å². The second-order valence-electron chi connectivity index (χ2n) is 3.66. The molecule has 0 unspecified atom stereocenters. The van der Waals surface area contributed by atoms with Gasteiger partial charge in [0.05, 0.1) is 10.7 Å². The second kappa shape index (κ2) is 4.91. The molecule has 2 aliphatic rings. The lowest BCUT2D eigenvalue weighted by atomic mass is 10.1. The first-order chi connectivity index (χ1) is 6.38. The first-order valence-electron chi connectivity index (χ1n) is 5.02. The molecule has 0 spiro atoms. The minimum Gasteiger partial charge on any atom is -0.389 e. The van der Waals surface area contributed by atoms with Crippen molar-refractivity contribution in [2.45, 2.75) is 36.0 Å². The summed E-state index contributed by atoms with van der Waals surface area (Å²) in [4.78, 5) is 0. The van der Waals surface area contributed by atoms with Gasteiger partial charge in [-0.3, -0.25) is 0 Å². The monoisotopic (exact) mass is 219 g/mol. The fraction of sp³-hybridized carbons (Fsp3) is 1.00. The number of rotatable bonds is 2. The molecule has 0 radical (unpaired) electrons. The molecule has 0 amide bonds. The highest BCUT2D eigenvalue weighted by Gasteiger charge is 2.31. The molecule has 2 rings (SSSR count). The Bertz CT molecular complexity index is 156. The van der Waals surface area contributed by atoms with E-state index in [2.05, 4.69) is 5.32 Å². The highest BCUT2D eigenvalue weighted by atomic mass is 32.2. The van der Waals surface area contributed by atoms with Gasteiger partial charge in [0.1, 0.15) is 0 Å². The lowest BCUT2D eigenvalue weighted by molar-refractivity contribution is 0.151. The number of hydrogen-bond donors (Lipinski definition) is 2. The quantitative estimate of drug-likeness (QED) is 0.733. The molecule has 0 bridgehead atoms. The van der Waals surface area contributed by atoms with Gasteiger partial charge in [-0.25, -0.2) is 0 Å². The van der Waals surface area contributed by atoms with Crippen LogP contribution < -0.4 is 5.32 Å². The molecule has 2 heterocycles. The number of thioether (sulfide) groups is 2. The van der Waals surface area contributed by atoms with Crippen molar-refractivity contribution in [2.75, 3.05) is 18.1 Å². The topological polar surface area (TPSA) is 32.3 Å². The molecule has 2 N–H and O–H groups in total. The molecule has 4 heteroatoms. The van der Waals surface area contributed by atoms with Crippen LogP contribution in [0.1, 0.15) is 19.3 Å². The first-order valence-corrected chi connectivity index (χ1v) is 7.12. The molecular weight excluding hydrogens is 202 g/mol. The molecule has 0 saturated carbocycles. The van der Waals surface area contributed by atoms with Gasteiger partial charge in [0, 0.05) is 6.04 Å². The van der Waals surface area contributed by atoms with Gasteiger partial charge in [-0.15, -0.1) is 23.5 Å². The van der Waals surface area contributed by atoms with Crippen molar-refractivity contribution in [3.63, 3.8) is 0 Å². The van der Waals surface area contributed by atoms with Gasteiger partial charge in [0.15, 0.2) is 0 Å². The third-order valence-corrected chi connectivity index (χ3v) is 5.72. The minimum atomic E-state index is -0.141. The third-order valence-electron chi connectivity index (χ3n) is 2.64. The van der Waals surface area contributed by atoms with Crippen LogP contribution in [0.2, 0.25) is 0 Å². The molecule has 13 heavy (non-hydrogen) atoms. The molecule has 0 aromatic carbocycles. The van der Waals surface area contributed by atoms with E-state index in [1.165, 1.54) is 24.3 Å². The van der Waals surface area contributed by atoms with Crippen LogP contribution in [0.3, 0.4) is 0 Å². The van der Waals surface area contributed by atoms with Gasteiger partial charge in [-0.2, -0.15) is 0 Å². The Morgan fingerprint density at radius 2 is 2.00 bits per heavy atom. The average molecular weight is 219 g/mol. The van der Waals surface area contributed by atoms with Crippen molar-refractivity contribution >= 4 is 23.5 Å². The summed E-state index contributed by atoms with van der Waals surface area (Å²) in [5.41, 5.74) is 0. The lowest BCUT2D eigenvalue weighted by Crippen LogP contribution is -2.41. The third kappa shape index (κ3) is 2.55. The average Bonchev–Trinajstić information content (AvgIpc) is 2.71. The van der Waals surface area contributed by atoms with Crippen LogP contribution in [0.4, 0.5) is 0 Å². The Labute approximate surface area is 88.2 Å². The number of nitrogens with one attached hydrogen (secondary N) is 1. The van der Waals surface area contributed by atoms with Crippen molar-refractivity contribution in [2.24, 2.45) is 0 Å². The van der Waals surface area contributed by atoms with Crippen LogP contribution >= 0.6 is 23.5 Å². The summed E-state index contributed by atoms with van der Waals surface area (Å²) in [6, 6.07) is 0.364. The summed E-state index contributed by atoms with van der Waals surface area (Å²) in [6.07, 6.45) is 3.54. The summed E-state index contributed by atoms with van der Waals surface area (Å²) < 4.78 is 0.421. The summed E-state index contributed by atoms with van der Waals surface area (Å²) in [5, 5.41) is 13.4. The fourth-order valence-electron chi connectivity index (χ4n) is 1.90. The molecule has 2 nitrogen and oxygen atoms in total. The van der Waals surface area contributed by atoms with Crippen molar-refractivity contribution in [1.29, 1.82) is 0 Å². The largest absolute Gasteiger partial charge is 0.389 e.